The number of hydrogen-bond acceptors (Lipinski definition) is 7. The van der Waals surface area contributed by atoms with Gasteiger partial charge in [0.05, 0.1) is 11.5 Å². The van der Waals surface area contributed by atoms with Crippen molar-refractivity contribution in [3.63, 3.8) is 0 Å². The lowest BCUT2D eigenvalue weighted by molar-refractivity contribution is -0.383. The SMILES string of the molecule is CC1(C)CC2CC(C)(CN2c2ncnc(N(Cc3ccccc3)c3ccccn3)c2[N+](=O)[O-])C1. The molecule has 2 bridgehead atoms. The van der Waals surface area contributed by atoms with Gasteiger partial charge < -0.3 is 9.80 Å². The van der Waals surface area contributed by atoms with Gasteiger partial charge in [-0.2, -0.15) is 0 Å². The molecule has 0 amide bonds. The Morgan fingerprint density at radius 2 is 1.82 bits per heavy atom. The lowest BCUT2D eigenvalue weighted by Crippen LogP contribution is -2.35. The maximum absolute atomic E-state index is 12.5. The largest absolute Gasteiger partial charge is 0.354 e. The van der Waals surface area contributed by atoms with E-state index in [2.05, 4.69) is 40.6 Å². The average molecular weight is 459 g/mol. The summed E-state index contributed by atoms with van der Waals surface area (Å²) in [6, 6.07) is 15.6. The van der Waals surface area contributed by atoms with Crippen molar-refractivity contribution >= 4 is 23.1 Å². The van der Waals surface area contributed by atoms with E-state index in [0.717, 1.165) is 31.4 Å². The van der Waals surface area contributed by atoms with Gasteiger partial charge in [0.2, 0.25) is 11.6 Å². The van der Waals surface area contributed by atoms with Gasteiger partial charge >= 0.3 is 5.69 Å². The molecule has 3 aromatic rings. The van der Waals surface area contributed by atoms with Crippen LogP contribution >= 0.6 is 0 Å². The van der Waals surface area contributed by atoms with Crippen molar-refractivity contribution < 1.29 is 4.92 Å². The molecule has 2 aliphatic rings. The molecular formula is C26H30N6O2. The topological polar surface area (TPSA) is 88.3 Å². The number of anilines is 3. The number of aromatic nitrogens is 3. The van der Waals surface area contributed by atoms with Crippen LogP contribution in [0.25, 0.3) is 0 Å². The van der Waals surface area contributed by atoms with Gasteiger partial charge in [0.15, 0.2) is 0 Å². The van der Waals surface area contributed by atoms with Crippen LogP contribution in [0.4, 0.5) is 23.1 Å². The van der Waals surface area contributed by atoms with Gasteiger partial charge in [-0.3, -0.25) is 10.1 Å². The monoisotopic (exact) mass is 458 g/mol. The van der Waals surface area contributed by atoms with Crippen molar-refractivity contribution in [3.05, 3.63) is 76.7 Å². The molecule has 2 aromatic heterocycles. The molecule has 8 nitrogen and oxygen atoms in total. The molecule has 3 heterocycles. The summed E-state index contributed by atoms with van der Waals surface area (Å²) in [6.45, 7) is 8.06. The average Bonchev–Trinajstić information content (AvgIpc) is 3.06. The Kier molecular flexibility index (Phi) is 5.46. The third-order valence-corrected chi connectivity index (χ3v) is 7.02. The molecule has 0 spiro atoms. The fourth-order valence-electron chi connectivity index (χ4n) is 6.18. The molecule has 0 N–H and O–H groups in total. The Morgan fingerprint density at radius 1 is 1.06 bits per heavy atom. The van der Waals surface area contributed by atoms with Gasteiger partial charge in [-0.25, -0.2) is 15.0 Å². The van der Waals surface area contributed by atoms with Crippen molar-refractivity contribution in [3.8, 4) is 0 Å². The fraction of sp³-hybridized carbons (Fsp3) is 0.423. The highest BCUT2D eigenvalue weighted by Crippen LogP contribution is 2.54. The lowest BCUT2D eigenvalue weighted by atomic mass is 9.65. The minimum atomic E-state index is -0.332. The maximum Gasteiger partial charge on any atom is 0.354 e. The minimum Gasteiger partial charge on any atom is -0.347 e. The van der Waals surface area contributed by atoms with E-state index in [1.807, 2.05) is 53.4 Å². The van der Waals surface area contributed by atoms with Gasteiger partial charge in [-0.05, 0) is 47.8 Å². The summed E-state index contributed by atoms with van der Waals surface area (Å²) in [5.41, 5.74) is 1.27. The number of pyridine rings is 1. The molecule has 8 heteroatoms. The molecule has 1 aromatic carbocycles. The molecule has 1 aliphatic carbocycles. The normalized spacial score (nSPS) is 23.0. The molecule has 2 atom stereocenters. The highest BCUT2D eigenvalue weighted by atomic mass is 16.6. The van der Waals surface area contributed by atoms with Crippen LogP contribution in [-0.4, -0.2) is 32.5 Å². The van der Waals surface area contributed by atoms with Crippen molar-refractivity contribution in [1.29, 1.82) is 0 Å². The van der Waals surface area contributed by atoms with E-state index < -0.39 is 0 Å². The summed E-state index contributed by atoms with van der Waals surface area (Å²) < 4.78 is 0. The first-order valence-electron chi connectivity index (χ1n) is 11.7. The highest BCUT2D eigenvalue weighted by Gasteiger charge is 2.51. The summed E-state index contributed by atoms with van der Waals surface area (Å²) in [4.78, 5) is 29.6. The van der Waals surface area contributed by atoms with Crippen LogP contribution in [0.5, 0.6) is 0 Å². The fourth-order valence-corrected chi connectivity index (χ4v) is 6.18. The van der Waals surface area contributed by atoms with Gasteiger partial charge in [-0.1, -0.05) is 57.2 Å². The molecule has 2 fully saturated rings. The number of fused-ring (bicyclic) bond motifs is 2. The molecule has 1 saturated heterocycles. The van der Waals surface area contributed by atoms with Gasteiger partial charge in [0.1, 0.15) is 12.1 Å². The number of rotatable bonds is 6. The third-order valence-electron chi connectivity index (χ3n) is 7.02. The number of hydrogen-bond donors (Lipinski definition) is 0. The molecular weight excluding hydrogens is 428 g/mol. The summed E-state index contributed by atoms with van der Waals surface area (Å²) in [5.74, 6) is 1.28. The molecule has 34 heavy (non-hydrogen) atoms. The van der Waals surface area contributed by atoms with Gasteiger partial charge in [0, 0.05) is 18.8 Å². The second-order valence-electron chi connectivity index (χ2n) is 10.7. The van der Waals surface area contributed by atoms with E-state index in [-0.39, 0.29) is 33.3 Å². The molecule has 0 radical (unpaired) electrons. The first-order chi connectivity index (χ1) is 16.2. The van der Waals surface area contributed by atoms with Crippen molar-refractivity contribution in [2.45, 2.75) is 52.6 Å². The predicted molar refractivity (Wildman–Crippen MR) is 132 cm³/mol. The van der Waals surface area contributed by atoms with Gasteiger partial charge in [0.25, 0.3) is 0 Å². The van der Waals surface area contributed by atoms with Crippen molar-refractivity contribution in [2.24, 2.45) is 10.8 Å². The zero-order chi connectivity index (χ0) is 23.9. The third kappa shape index (κ3) is 4.20. The quantitative estimate of drug-likeness (QED) is 0.355. The van der Waals surface area contributed by atoms with Crippen LogP contribution in [0.3, 0.4) is 0 Å². The first kappa shape index (κ1) is 22.3. The molecule has 2 unspecified atom stereocenters. The Labute approximate surface area is 199 Å². The Morgan fingerprint density at radius 3 is 2.53 bits per heavy atom. The molecule has 5 rings (SSSR count). The van der Waals surface area contributed by atoms with Gasteiger partial charge in [-0.15, -0.1) is 0 Å². The van der Waals surface area contributed by atoms with E-state index in [0.29, 0.717) is 18.2 Å². The maximum atomic E-state index is 12.5. The highest BCUT2D eigenvalue weighted by molar-refractivity contribution is 5.75. The van der Waals surface area contributed by atoms with Crippen LogP contribution in [-0.2, 0) is 6.54 Å². The van der Waals surface area contributed by atoms with E-state index in [1.54, 1.807) is 6.20 Å². The Hall–Kier alpha value is -3.55. The number of benzene rings is 1. The standard InChI is InChI=1S/C26H30N6O2/c1-25(2)13-20-14-26(3,16-25)17-31(20)24-22(32(33)34)23(28-18-29-24)30(21-11-7-8-12-27-21)15-19-9-5-4-6-10-19/h4-12,18,20H,13-17H2,1-3H3. The Balaban J connectivity index is 1.61. The smallest absolute Gasteiger partial charge is 0.347 e. The number of nitrogens with zero attached hydrogens (tertiary/aromatic N) is 6. The van der Waals surface area contributed by atoms with Crippen LogP contribution < -0.4 is 9.80 Å². The van der Waals surface area contributed by atoms with Crippen molar-refractivity contribution in [2.75, 3.05) is 16.3 Å². The first-order valence-corrected chi connectivity index (χ1v) is 11.7. The summed E-state index contributed by atoms with van der Waals surface area (Å²) >= 11 is 0. The summed E-state index contributed by atoms with van der Waals surface area (Å²) in [6.07, 6.45) is 6.27. The molecule has 176 valence electrons. The van der Waals surface area contributed by atoms with E-state index in [1.165, 1.54) is 6.33 Å². The van der Waals surface area contributed by atoms with Crippen LogP contribution in [0.15, 0.2) is 61.1 Å². The second kappa shape index (κ2) is 8.34. The summed E-state index contributed by atoms with van der Waals surface area (Å²) in [7, 11) is 0. The van der Waals surface area contributed by atoms with Crippen LogP contribution in [0, 0.1) is 20.9 Å². The van der Waals surface area contributed by atoms with E-state index in [4.69, 9.17) is 0 Å². The molecule has 1 aliphatic heterocycles. The van der Waals surface area contributed by atoms with Crippen LogP contribution in [0.2, 0.25) is 0 Å². The molecule has 1 saturated carbocycles. The van der Waals surface area contributed by atoms with Crippen molar-refractivity contribution in [1.82, 2.24) is 15.0 Å². The minimum absolute atomic E-state index is 0.0574. The van der Waals surface area contributed by atoms with Crippen LogP contribution in [0.1, 0.15) is 45.6 Å². The van der Waals surface area contributed by atoms with E-state index >= 15 is 0 Å². The number of nitro groups is 1. The van der Waals surface area contributed by atoms with E-state index in [9.17, 15) is 10.1 Å². The Bertz CT molecular complexity index is 1190. The lowest BCUT2D eigenvalue weighted by Gasteiger charge is -2.39. The second-order valence-corrected chi connectivity index (χ2v) is 10.7. The zero-order valence-electron chi connectivity index (χ0n) is 19.9. The summed E-state index contributed by atoms with van der Waals surface area (Å²) in [5, 5.41) is 12.5. The zero-order valence-corrected chi connectivity index (χ0v) is 19.9. The predicted octanol–water partition coefficient (Wildman–Crippen LogP) is 5.52.